The van der Waals surface area contributed by atoms with Gasteiger partial charge in [0.2, 0.25) is 0 Å². The van der Waals surface area contributed by atoms with Crippen LogP contribution in [-0.4, -0.2) is 23.4 Å². The number of nitrogens with zero attached hydrogens (tertiary/aromatic N) is 2. The molecule has 0 saturated heterocycles. The maximum absolute atomic E-state index is 8.54. The van der Waals surface area contributed by atoms with E-state index in [0.29, 0.717) is 33.6 Å². The molecule has 6 N–H and O–H groups in total. The Morgan fingerprint density at radius 2 is 0.933 bits per heavy atom. The van der Waals surface area contributed by atoms with Crippen LogP contribution >= 0.6 is 0 Å². The van der Waals surface area contributed by atoms with Crippen LogP contribution in [0.1, 0.15) is 22.3 Å². The highest BCUT2D eigenvalue weighted by Crippen LogP contribution is 2.11. The first kappa shape index (κ1) is 23.2. The molecule has 0 unspecified atom stereocenters. The van der Waals surface area contributed by atoms with Gasteiger partial charge in [0.05, 0.1) is 0 Å². The molecule has 2 rings (SSSR count). The van der Waals surface area contributed by atoms with Crippen molar-refractivity contribution in [3.63, 3.8) is 0 Å². The van der Waals surface area contributed by atoms with Crippen molar-refractivity contribution in [1.29, 1.82) is 10.5 Å². The summed E-state index contributed by atoms with van der Waals surface area (Å²) >= 11 is 0. The maximum atomic E-state index is 8.54. The lowest BCUT2D eigenvalue weighted by atomic mass is 10.1. The van der Waals surface area contributed by atoms with Crippen molar-refractivity contribution >= 4 is 11.4 Å². The number of aliphatic hydroxyl groups is 2. The summed E-state index contributed by atoms with van der Waals surface area (Å²) in [5, 5.41) is 33.6. The number of rotatable bonds is 0. The SMILES string of the molecule is N#CC#Cc1cc(N)cc(C#CC#N)c1.Nc1cc(C#CCO)cc(C#CCO)c1. The number of nitriles is 2. The van der Waals surface area contributed by atoms with Gasteiger partial charge in [0.15, 0.2) is 12.1 Å². The predicted molar refractivity (Wildman–Crippen MR) is 115 cm³/mol. The van der Waals surface area contributed by atoms with Gasteiger partial charge in [-0.1, -0.05) is 35.5 Å². The third-order valence-corrected chi connectivity index (χ3v) is 3.06. The number of anilines is 2. The molecule has 0 aliphatic heterocycles. The fourth-order valence-electron chi connectivity index (χ4n) is 2.08. The summed E-state index contributed by atoms with van der Waals surface area (Å²) in [4.78, 5) is 0. The summed E-state index contributed by atoms with van der Waals surface area (Å²) in [6, 6.07) is 13.5. The van der Waals surface area contributed by atoms with Crippen LogP contribution in [0.25, 0.3) is 0 Å². The first-order chi connectivity index (χ1) is 14.5. The van der Waals surface area contributed by atoms with Gasteiger partial charge in [-0.05, 0) is 36.4 Å². The molecule has 0 radical (unpaired) electrons. The molecule has 0 bridgehead atoms. The average Bonchev–Trinajstić information content (AvgIpc) is 2.73. The van der Waals surface area contributed by atoms with Gasteiger partial charge in [0.1, 0.15) is 13.2 Å². The second-order valence-electron chi connectivity index (χ2n) is 5.33. The van der Waals surface area contributed by atoms with Crippen molar-refractivity contribution in [1.82, 2.24) is 0 Å². The van der Waals surface area contributed by atoms with Crippen LogP contribution in [0.5, 0.6) is 0 Å². The molecular weight excluding hydrogens is 376 g/mol. The van der Waals surface area contributed by atoms with Crippen LogP contribution in [0, 0.1) is 70.0 Å². The molecule has 0 aromatic heterocycles. The third kappa shape index (κ3) is 9.21. The van der Waals surface area contributed by atoms with E-state index in [-0.39, 0.29) is 13.2 Å². The maximum Gasteiger partial charge on any atom is 0.152 e. The minimum atomic E-state index is -0.188. The summed E-state index contributed by atoms with van der Waals surface area (Å²) in [5.41, 5.74) is 14.9. The second kappa shape index (κ2) is 13.4. The van der Waals surface area contributed by atoms with Gasteiger partial charge in [-0.3, -0.25) is 0 Å². The van der Waals surface area contributed by atoms with Gasteiger partial charge in [0.25, 0.3) is 0 Å². The van der Waals surface area contributed by atoms with E-state index in [9.17, 15) is 0 Å². The Hall–Kier alpha value is -4.82. The number of hydrogen-bond donors (Lipinski definition) is 4. The number of nitrogens with two attached hydrogens (primary N) is 2. The van der Waals surface area contributed by atoms with E-state index in [1.54, 1.807) is 48.5 Å². The van der Waals surface area contributed by atoms with Crippen molar-refractivity contribution < 1.29 is 10.2 Å². The summed E-state index contributed by atoms with van der Waals surface area (Å²) in [5.74, 6) is 20.3. The first-order valence-electron chi connectivity index (χ1n) is 8.33. The summed E-state index contributed by atoms with van der Waals surface area (Å²) in [6.45, 7) is -0.376. The molecule has 0 heterocycles. The Morgan fingerprint density at radius 3 is 1.23 bits per heavy atom. The standard InChI is InChI=1S/C12H5N3.C12H11NO2/c13-5-1-3-10-7-11(4-2-6-14)9-12(15)8-10;13-12-8-10(3-1-5-14)7-11(9-12)4-2-6-15/h7-9H,15H2;7-9,14-15H,5-6,13H2. The monoisotopic (exact) mass is 392 g/mol. The summed E-state index contributed by atoms with van der Waals surface area (Å²) in [6.07, 6.45) is 0. The number of nitrogen functional groups attached to an aromatic ring is 2. The fraction of sp³-hybridized carbons (Fsp3) is 0.0833. The lowest BCUT2D eigenvalue weighted by Crippen LogP contribution is -1.89. The molecule has 0 atom stereocenters. The Morgan fingerprint density at radius 1 is 0.600 bits per heavy atom. The molecular formula is C24H16N4O2. The Labute approximate surface area is 175 Å². The molecule has 2 aromatic rings. The normalized spacial score (nSPS) is 7.73. The molecule has 0 fully saturated rings. The third-order valence-electron chi connectivity index (χ3n) is 3.06. The molecule has 0 aliphatic carbocycles. The molecule has 0 aliphatic rings. The van der Waals surface area contributed by atoms with Crippen molar-refractivity contribution in [3.8, 4) is 59.5 Å². The number of hydrogen-bond acceptors (Lipinski definition) is 6. The van der Waals surface area contributed by atoms with Gasteiger partial charge in [-0.15, -0.1) is 0 Å². The van der Waals surface area contributed by atoms with Gasteiger partial charge >= 0.3 is 0 Å². The van der Waals surface area contributed by atoms with Gasteiger partial charge in [-0.25, -0.2) is 0 Å². The van der Waals surface area contributed by atoms with E-state index in [0.717, 1.165) is 0 Å². The molecule has 30 heavy (non-hydrogen) atoms. The minimum absolute atomic E-state index is 0.188. The van der Waals surface area contributed by atoms with E-state index < -0.39 is 0 Å². The summed E-state index contributed by atoms with van der Waals surface area (Å²) < 4.78 is 0. The van der Waals surface area contributed by atoms with Crippen LogP contribution < -0.4 is 11.5 Å². The van der Waals surface area contributed by atoms with E-state index in [1.165, 1.54) is 0 Å². The van der Waals surface area contributed by atoms with Gasteiger partial charge in [-0.2, -0.15) is 10.5 Å². The van der Waals surface area contributed by atoms with Crippen molar-refractivity contribution in [2.45, 2.75) is 0 Å². The highest BCUT2D eigenvalue weighted by Gasteiger charge is 1.95. The highest BCUT2D eigenvalue weighted by molar-refractivity contribution is 5.56. The molecule has 6 heteroatoms. The Balaban J connectivity index is 0.000000300. The first-order valence-corrected chi connectivity index (χ1v) is 8.33. The topological polar surface area (TPSA) is 140 Å². The molecule has 2 aromatic carbocycles. The lowest BCUT2D eigenvalue weighted by Gasteiger charge is -1.97. The molecule has 0 spiro atoms. The van der Waals surface area contributed by atoms with Gasteiger partial charge < -0.3 is 21.7 Å². The zero-order valence-corrected chi connectivity index (χ0v) is 15.8. The van der Waals surface area contributed by atoms with Crippen molar-refractivity contribution in [2.75, 3.05) is 24.7 Å². The van der Waals surface area contributed by atoms with E-state index in [2.05, 4.69) is 47.4 Å². The Bertz CT molecular complexity index is 1150. The summed E-state index contributed by atoms with van der Waals surface area (Å²) in [7, 11) is 0. The quantitative estimate of drug-likeness (QED) is 0.389. The van der Waals surface area contributed by atoms with Crippen LogP contribution in [0.15, 0.2) is 36.4 Å². The van der Waals surface area contributed by atoms with Gasteiger partial charge in [0, 0.05) is 45.5 Å². The largest absolute Gasteiger partial charge is 0.399 e. The second-order valence-corrected chi connectivity index (χ2v) is 5.33. The molecule has 0 saturated carbocycles. The van der Waals surface area contributed by atoms with E-state index in [1.807, 2.05) is 0 Å². The van der Waals surface area contributed by atoms with Crippen molar-refractivity contribution in [3.05, 3.63) is 58.7 Å². The Kier molecular flexibility index (Phi) is 10.3. The number of benzene rings is 2. The minimum Gasteiger partial charge on any atom is -0.399 e. The predicted octanol–water partition coefficient (Wildman–Crippen LogP) is 0.975. The van der Waals surface area contributed by atoms with Crippen LogP contribution in [0.2, 0.25) is 0 Å². The fourth-order valence-corrected chi connectivity index (χ4v) is 2.08. The number of aliphatic hydroxyl groups excluding tert-OH is 2. The van der Waals surface area contributed by atoms with Crippen LogP contribution in [0.3, 0.4) is 0 Å². The molecule has 144 valence electrons. The zero-order valence-electron chi connectivity index (χ0n) is 15.8. The zero-order chi connectivity index (χ0) is 22.2. The lowest BCUT2D eigenvalue weighted by molar-refractivity contribution is 0.350. The highest BCUT2D eigenvalue weighted by atomic mass is 16.3. The smallest absolute Gasteiger partial charge is 0.152 e. The average molecular weight is 392 g/mol. The van der Waals surface area contributed by atoms with E-state index in [4.69, 9.17) is 32.2 Å². The van der Waals surface area contributed by atoms with E-state index >= 15 is 0 Å². The van der Waals surface area contributed by atoms with Crippen LogP contribution in [-0.2, 0) is 0 Å². The van der Waals surface area contributed by atoms with Crippen LogP contribution in [0.4, 0.5) is 11.4 Å². The molecule has 0 amide bonds. The van der Waals surface area contributed by atoms with Crippen molar-refractivity contribution in [2.24, 2.45) is 0 Å². The molecule has 6 nitrogen and oxygen atoms in total.